The molecule has 1 aliphatic rings. The van der Waals surface area contributed by atoms with Crippen LogP contribution >= 0.6 is 0 Å². The average Bonchev–Trinajstić information content (AvgIpc) is 2.73. The van der Waals surface area contributed by atoms with Gasteiger partial charge in [0.1, 0.15) is 23.6 Å². The molecule has 0 saturated heterocycles. The summed E-state index contributed by atoms with van der Waals surface area (Å²) in [5.41, 5.74) is 4.43. The number of aryl methyl sites for hydroxylation is 1. The van der Waals surface area contributed by atoms with Crippen LogP contribution in [0.2, 0.25) is 0 Å². The molecule has 2 atom stereocenters. The lowest BCUT2D eigenvalue weighted by Gasteiger charge is -2.29. The second-order valence-corrected chi connectivity index (χ2v) is 8.05. The third-order valence-electron chi connectivity index (χ3n) is 5.06. The van der Waals surface area contributed by atoms with Gasteiger partial charge in [-0.15, -0.1) is 0 Å². The van der Waals surface area contributed by atoms with Crippen LogP contribution in [0, 0.1) is 12.7 Å². The number of hydrogen-bond donors (Lipinski definition) is 0. The van der Waals surface area contributed by atoms with Gasteiger partial charge in [-0.25, -0.2) is 4.39 Å². The molecule has 3 aromatic carbocycles. The third-order valence-corrected chi connectivity index (χ3v) is 5.63. The number of aldehydes is 1. The molecule has 2 unspecified atom stereocenters. The highest BCUT2D eigenvalue weighted by Crippen LogP contribution is 2.46. The number of ether oxygens (including phenoxy) is 1. The quantitative estimate of drug-likeness (QED) is 0.440. The Labute approximate surface area is 176 Å². The Morgan fingerprint density at radius 1 is 1.03 bits per heavy atom. The van der Waals surface area contributed by atoms with E-state index in [0.717, 1.165) is 17.4 Å². The molecule has 0 saturated carbocycles. The summed E-state index contributed by atoms with van der Waals surface area (Å²) in [6.45, 7) is 1.94. The zero-order chi connectivity index (χ0) is 21.3. The predicted molar refractivity (Wildman–Crippen MR) is 113 cm³/mol. The molecule has 0 aliphatic carbocycles. The summed E-state index contributed by atoms with van der Waals surface area (Å²) in [5, 5.41) is 0. The van der Waals surface area contributed by atoms with Gasteiger partial charge in [0.15, 0.2) is 0 Å². The van der Waals surface area contributed by atoms with E-state index in [9.17, 15) is 17.9 Å². The van der Waals surface area contributed by atoms with E-state index in [4.69, 9.17) is 4.74 Å². The molecular weight excluding hydrogens is 403 g/mol. The third kappa shape index (κ3) is 3.97. The van der Waals surface area contributed by atoms with E-state index in [0.29, 0.717) is 33.8 Å². The summed E-state index contributed by atoms with van der Waals surface area (Å²) in [6, 6.07) is 18.6. The van der Waals surface area contributed by atoms with E-state index in [1.165, 1.54) is 12.1 Å². The molecule has 3 aromatic rings. The topological polar surface area (TPSA) is 66.4 Å². The van der Waals surface area contributed by atoms with Crippen LogP contribution in [-0.2, 0) is 21.6 Å². The van der Waals surface area contributed by atoms with Crippen molar-refractivity contribution < 1.29 is 22.7 Å². The number of halogens is 1. The van der Waals surface area contributed by atoms with Crippen LogP contribution in [0.3, 0.4) is 0 Å². The first-order chi connectivity index (χ1) is 14.5. The van der Waals surface area contributed by atoms with Gasteiger partial charge in [-0.2, -0.15) is 0 Å². The van der Waals surface area contributed by atoms with E-state index in [1.54, 1.807) is 36.4 Å². The molecule has 4 rings (SSSR count). The molecule has 30 heavy (non-hydrogen) atoms. The second-order valence-electron chi connectivity index (χ2n) is 7.15. The summed E-state index contributed by atoms with van der Waals surface area (Å²) in [4.78, 5) is 12.2. The van der Waals surface area contributed by atoms with Gasteiger partial charge in [0.05, 0.1) is 5.92 Å². The zero-order valence-electron chi connectivity index (χ0n) is 16.1. The number of allylic oxidation sites excluding steroid dienone is 1. The van der Waals surface area contributed by atoms with Crippen LogP contribution in [0.1, 0.15) is 33.7 Å². The Balaban J connectivity index is 1.90. The number of fused-ring (bicyclic) bond motifs is 1. The first kappa shape index (κ1) is 20.2. The largest absolute Gasteiger partial charge is 0.772 e. The first-order valence-corrected chi connectivity index (χ1v) is 10.6. The molecule has 0 aromatic heterocycles. The van der Waals surface area contributed by atoms with Crippen molar-refractivity contribution in [1.29, 1.82) is 0 Å². The fourth-order valence-electron chi connectivity index (χ4n) is 3.65. The molecule has 1 aliphatic heterocycles. The van der Waals surface area contributed by atoms with Gasteiger partial charge in [-0.3, -0.25) is 4.21 Å². The van der Waals surface area contributed by atoms with Gasteiger partial charge >= 0.3 is 0 Å². The lowest BCUT2D eigenvalue weighted by atomic mass is 9.83. The van der Waals surface area contributed by atoms with Crippen molar-refractivity contribution in [3.8, 4) is 5.75 Å². The minimum absolute atomic E-state index is 0.0793. The molecule has 1 heterocycles. The summed E-state index contributed by atoms with van der Waals surface area (Å²) >= 11 is -2.18. The Morgan fingerprint density at radius 2 is 1.70 bits per heavy atom. The molecule has 0 bridgehead atoms. The number of carbonyl (C=O) groups is 1. The van der Waals surface area contributed by atoms with Crippen molar-refractivity contribution in [3.05, 3.63) is 100 Å². The van der Waals surface area contributed by atoms with Gasteiger partial charge in [0, 0.05) is 22.5 Å². The normalized spacial score (nSPS) is 16.6. The van der Waals surface area contributed by atoms with Crippen LogP contribution in [0.15, 0.2) is 66.7 Å². The standard InChI is InChI=1S/C24H19FO4S/c1-15-2-11-22-20(12-15)21(13-26)23(17-7-9-19(25)10-8-17)24(29-22)18-5-3-16(4-6-18)14-30(27)28/h2-13,21H,14H2,1H3,(H,27,28)/p-1. The fourth-order valence-corrected chi connectivity index (χ4v) is 4.11. The monoisotopic (exact) mass is 421 g/mol. The highest BCUT2D eigenvalue weighted by molar-refractivity contribution is 7.78. The molecule has 152 valence electrons. The molecular formula is C24H18FO4S-. The Hall–Kier alpha value is -3.09. The van der Waals surface area contributed by atoms with Gasteiger partial charge in [0.25, 0.3) is 0 Å². The van der Waals surface area contributed by atoms with Crippen molar-refractivity contribution >= 4 is 28.7 Å². The minimum Gasteiger partial charge on any atom is -0.772 e. The molecule has 0 fully saturated rings. The maximum absolute atomic E-state index is 13.5. The van der Waals surface area contributed by atoms with Crippen molar-refractivity contribution in [2.75, 3.05) is 0 Å². The van der Waals surface area contributed by atoms with Crippen LogP contribution in [0.5, 0.6) is 5.75 Å². The Kier molecular flexibility index (Phi) is 5.61. The van der Waals surface area contributed by atoms with E-state index in [1.807, 2.05) is 25.1 Å². The Bertz CT molecular complexity index is 1150. The van der Waals surface area contributed by atoms with Crippen molar-refractivity contribution in [2.24, 2.45) is 0 Å². The van der Waals surface area contributed by atoms with Gasteiger partial charge in [-0.1, -0.05) is 65.2 Å². The highest BCUT2D eigenvalue weighted by Gasteiger charge is 2.31. The number of rotatable bonds is 5. The molecule has 0 spiro atoms. The zero-order valence-corrected chi connectivity index (χ0v) is 16.9. The van der Waals surface area contributed by atoms with Gasteiger partial charge < -0.3 is 14.1 Å². The fraction of sp³-hybridized carbons (Fsp3) is 0.125. The smallest absolute Gasteiger partial charge is 0.139 e. The van der Waals surface area contributed by atoms with Crippen molar-refractivity contribution in [2.45, 2.75) is 18.6 Å². The maximum atomic E-state index is 13.5. The lowest BCUT2D eigenvalue weighted by Crippen LogP contribution is -2.16. The molecule has 0 amide bonds. The van der Waals surface area contributed by atoms with Crippen LogP contribution in [0.4, 0.5) is 4.39 Å². The van der Waals surface area contributed by atoms with Crippen LogP contribution in [0.25, 0.3) is 11.3 Å². The summed E-state index contributed by atoms with van der Waals surface area (Å²) in [7, 11) is 0. The Morgan fingerprint density at radius 3 is 2.33 bits per heavy atom. The van der Waals surface area contributed by atoms with E-state index >= 15 is 0 Å². The van der Waals surface area contributed by atoms with Crippen molar-refractivity contribution in [3.63, 3.8) is 0 Å². The second kappa shape index (κ2) is 8.34. The number of carbonyl (C=O) groups excluding carboxylic acids is 1. The lowest BCUT2D eigenvalue weighted by molar-refractivity contribution is -0.108. The van der Waals surface area contributed by atoms with Gasteiger partial charge in [0.2, 0.25) is 0 Å². The predicted octanol–water partition coefficient (Wildman–Crippen LogP) is 4.76. The van der Waals surface area contributed by atoms with Crippen LogP contribution < -0.4 is 4.74 Å². The molecule has 0 N–H and O–H groups in total. The number of benzene rings is 3. The molecule has 6 heteroatoms. The minimum atomic E-state index is -2.18. The first-order valence-electron chi connectivity index (χ1n) is 9.35. The summed E-state index contributed by atoms with van der Waals surface area (Å²) in [5.74, 6) is 0.0481. The molecule has 4 nitrogen and oxygen atoms in total. The average molecular weight is 421 g/mol. The SMILES string of the molecule is Cc1ccc2c(c1)C(C=O)C(c1ccc(F)cc1)=C(c1ccc(CS(=O)[O-])cc1)O2. The van der Waals surface area contributed by atoms with E-state index < -0.39 is 17.0 Å². The van der Waals surface area contributed by atoms with E-state index in [-0.39, 0.29) is 11.6 Å². The molecule has 0 radical (unpaired) electrons. The summed E-state index contributed by atoms with van der Waals surface area (Å²) < 4.78 is 41.7. The van der Waals surface area contributed by atoms with Crippen LogP contribution in [-0.4, -0.2) is 15.0 Å². The van der Waals surface area contributed by atoms with E-state index in [2.05, 4.69) is 0 Å². The van der Waals surface area contributed by atoms with Crippen molar-refractivity contribution in [1.82, 2.24) is 0 Å². The summed E-state index contributed by atoms with van der Waals surface area (Å²) in [6.07, 6.45) is 0.869. The maximum Gasteiger partial charge on any atom is 0.139 e. The highest BCUT2D eigenvalue weighted by atomic mass is 32.2. The van der Waals surface area contributed by atoms with Gasteiger partial charge in [-0.05, 0) is 36.2 Å². The number of hydrogen-bond acceptors (Lipinski definition) is 4.